The molecule has 1 saturated carbocycles. The van der Waals surface area contributed by atoms with Crippen LogP contribution in [0, 0.1) is 11.8 Å². The molecule has 1 fully saturated rings. The summed E-state index contributed by atoms with van der Waals surface area (Å²) in [6, 6.07) is 6.42. The van der Waals surface area contributed by atoms with E-state index < -0.39 is 17.8 Å². The molecule has 2 rings (SSSR count). The summed E-state index contributed by atoms with van der Waals surface area (Å²) < 4.78 is 32.5. The fourth-order valence-corrected chi connectivity index (χ4v) is 2.83. The van der Waals surface area contributed by atoms with Crippen molar-refractivity contribution in [2.45, 2.75) is 45.0 Å². The third kappa shape index (κ3) is 4.67. The first-order chi connectivity index (χ1) is 9.87. The average molecular weight is 317 g/mol. The number of hydrogen-bond donors (Lipinski definition) is 0. The van der Waals surface area contributed by atoms with E-state index in [9.17, 15) is 13.6 Å². The number of alkyl halides is 2. The summed E-state index contributed by atoms with van der Waals surface area (Å²) in [6.45, 7) is 1.67. The van der Waals surface area contributed by atoms with Gasteiger partial charge < -0.3 is 4.74 Å². The molecular formula is C16H19ClF2O2. The van der Waals surface area contributed by atoms with Crippen LogP contribution in [0.5, 0.6) is 5.75 Å². The lowest BCUT2D eigenvalue weighted by Gasteiger charge is -2.24. The Bertz CT molecular complexity index is 488. The first kappa shape index (κ1) is 16.2. The molecular weight excluding hydrogens is 298 g/mol. The molecule has 0 amide bonds. The highest BCUT2D eigenvalue weighted by atomic mass is 35.5. The number of ether oxygens (including phenoxy) is 1. The van der Waals surface area contributed by atoms with Gasteiger partial charge in [-0.25, -0.2) is 8.78 Å². The summed E-state index contributed by atoms with van der Waals surface area (Å²) in [5, 5.41) is 0.547. The lowest BCUT2D eigenvalue weighted by atomic mass is 9.86. The van der Waals surface area contributed by atoms with Crippen molar-refractivity contribution in [1.82, 2.24) is 0 Å². The molecule has 21 heavy (non-hydrogen) atoms. The van der Waals surface area contributed by atoms with Gasteiger partial charge in [-0.3, -0.25) is 4.79 Å². The zero-order valence-corrected chi connectivity index (χ0v) is 12.7. The first-order valence-corrected chi connectivity index (χ1v) is 7.60. The molecule has 1 aliphatic rings. The van der Waals surface area contributed by atoms with E-state index in [1.54, 1.807) is 31.2 Å². The molecule has 0 bridgehead atoms. The summed E-state index contributed by atoms with van der Waals surface area (Å²) >= 11 is 5.76. The van der Waals surface area contributed by atoms with Crippen molar-refractivity contribution >= 4 is 17.6 Å². The molecule has 116 valence electrons. The van der Waals surface area contributed by atoms with E-state index in [4.69, 9.17) is 16.3 Å². The average Bonchev–Trinajstić information content (AvgIpc) is 2.61. The Hall–Kier alpha value is -1.16. The maximum atomic E-state index is 13.6. The van der Waals surface area contributed by atoms with Crippen LogP contribution in [-0.4, -0.2) is 11.9 Å². The zero-order valence-electron chi connectivity index (χ0n) is 12.0. The predicted molar refractivity (Wildman–Crippen MR) is 77.8 cm³/mol. The Morgan fingerprint density at radius 3 is 2.67 bits per heavy atom. The van der Waals surface area contributed by atoms with Gasteiger partial charge in [0.1, 0.15) is 5.75 Å². The highest BCUT2D eigenvalue weighted by molar-refractivity contribution is 6.30. The predicted octanol–water partition coefficient (Wildman–Crippen LogP) is 5.10. The Kier molecular flexibility index (Phi) is 5.20. The van der Waals surface area contributed by atoms with Crippen molar-refractivity contribution in [1.29, 1.82) is 0 Å². The Morgan fingerprint density at radius 2 is 2.00 bits per heavy atom. The van der Waals surface area contributed by atoms with Crippen molar-refractivity contribution in [2.75, 3.05) is 0 Å². The van der Waals surface area contributed by atoms with E-state index in [0.717, 1.165) is 6.42 Å². The minimum Gasteiger partial charge on any atom is -0.426 e. The van der Waals surface area contributed by atoms with E-state index in [1.807, 2.05) is 0 Å². The van der Waals surface area contributed by atoms with Gasteiger partial charge in [-0.1, -0.05) is 24.9 Å². The number of carbonyl (C=O) groups excluding carboxylic acids is 1. The maximum Gasteiger partial charge on any atom is 0.314 e. The number of rotatable bonds is 3. The van der Waals surface area contributed by atoms with Crippen LogP contribution in [-0.2, 0) is 4.79 Å². The highest BCUT2D eigenvalue weighted by Crippen LogP contribution is 2.38. The van der Waals surface area contributed by atoms with Crippen molar-refractivity contribution in [3.8, 4) is 5.75 Å². The molecule has 1 aromatic rings. The molecule has 2 unspecified atom stereocenters. The Balaban J connectivity index is 1.99. The number of benzene rings is 1. The van der Waals surface area contributed by atoms with Crippen LogP contribution >= 0.6 is 11.6 Å². The molecule has 0 heterocycles. The van der Waals surface area contributed by atoms with Crippen LogP contribution in [0.25, 0.3) is 0 Å². The zero-order chi connectivity index (χ0) is 15.5. The number of hydrogen-bond acceptors (Lipinski definition) is 2. The number of esters is 1. The highest BCUT2D eigenvalue weighted by Gasteiger charge is 2.38. The van der Waals surface area contributed by atoms with Crippen molar-refractivity contribution in [2.24, 2.45) is 11.8 Å². The second-order valence-corrected chi connectivity index (χ2v) is 6.17. The number of carbonyl (C=O) groups is 1. The van der Waals surface area contributed by atoms with E-state index in [0.29, 0.717) is 23.6 Å². The SMILES string of the molecule is CC(C(=O)Oc1ccc(Cl)cc1)C1CCCCC(F)(F)C1. The summed E-state index contributed by atoms with van der Waals surface area (Å²) in [7, 11) is 0. The largest absolute Gasteiger partial charge is 0.426 e. The van der Waals surface area contributed by atoms with E-state index in [1.165, 1.54) is 0 Å². The van der Waals surface area contributed by atoms with E-state index >= 15 is 0 Å². The Morgan fingerprint density at radius 1 is 1.33 bits per heavy atom. The van der Waals surface area contributed by atoms with Crippen molar-refractivity contribution in [3.63, 3.8) is 0 Å². The van der Waals surface area contributed by atoms with Crippen LogP contribution in [0.1, 0.15) is 39.0 Å². The van der Waals surface area contributed by atoms with Gasteiger partial charge in [0.2, 0.25) is 5.92 Å². The quantitative estimate of drug-likeness (QED) is 0.440. The third-order valence-corrected chi connectivity index (χ3v) is 4.29. The van der Waals surface area contributed by atoms with E-state index in [2.05, 4.69) is 0 Å². The van der Waals surface area contributed by atoms with Crippen molar-refractivity contribution in [3.05, 3.63) is 29.3 Å². The molecule has 1 aromatic carbocycles. The molecule has 1 aliphatic carbocycles. The smallest absolute Gasteiger partial charge is 0.314 e. The summed E-state index contributed by atoms with van der Waals surface area (Å²) in [5.41, 5.74) is 0. The molecule has 0 N–H and O–H groups in total. The van der Waals surface area contributed by atoms with Gasteiger partial charge in [-0.15, -0.1) is 0 Å². The van der Waals surface area contributed by atoms with Gasteiger partial charge in [-0.05, 0) is 43.0 Å². The summed E-state index contributed by atoms with van der Waals surface area (Å²) in [5.74, 6) is -3.61. The molecule has 0 saturated heterocycles. The molecule has 0 aliphatic heterocycles. The minimum atomic E-state index is -2.67. The molecule has 0 radical (unpaired) electrons. The minimum absolute atomic E-state index is 0.0809. The Labute approximate surface area is 128 Å². The lowest BCUT2D eigenvalue weighted by molar-refractivity contribution is -0.141. The summed E-state index contributed by atoms with van der Waals surface area (Å²) in [4.78, 5) is 12.1. The van der Waals surface area contributed by atoms with Gasteiger partial charge in [0.15, 0.2) is 0 Å². The van der Waals surface area contributed by atoms with Gasteiger partial charge in [0.25, 0.3) is 0 Å². The monoisotopic (exact) mass is 316 g/mol. The molecule has 5 heteroatoms. The molecule has 0 aromatic heterocycles. The fraction of sp³-hybridized carbons (Fsp3) is 0.562. The van der Waals surface area contributed by atoms with Crippen molar-refractivity contribution < 1.29 is 18.3 Å². The van der Waals surface area contributed by atoms with Crippen LogP contribution in [0.2, 0.25) is 5.02 Å². The van der Waals surface area contributed by atoms with Gasteiger partial charge in [0.05, 0.1) is 5.92 Å². The van der Waals surface area contributed by atoms with Gasteiger partial charge in [-0.2, -0.15) is 0 Å². The fourth-order valence-electron chi connectivity index (χ4n) is 2.71. The van der Waals surface area contributed by atoms with E-state index in [-0.39, 0.29) is 18.8 Å². The van der Waals surface area contributed by atoms with Crippen LogP contribution in [0.15, 0.2) is 24.3 Å². The molecule has 0 spiro atoms. The second kappa shape index (κ2) is 6.73. The maximum absolute atomic E-state index is 13.6. The number of halogens is 3. The standard InChI is InChI=1S/C16H19ClF2O2/c1-11(12-4-2-3-9-16(18,19)10-12)15(20)21-14-7-5-13(17)6-8-14/h5-8,11-12H,2-4,9-10H2,1H3. The van der Waals surface area contributed by atoms with Crippen LogP contribution in [0.4, 0.5) is 8.78 Å². The first-order valence-electron chi connectivity index (χ1n) is 7.22. The normalized spacial score (nSPS) is 23.1. The third-order valence-electron chi connectivity index (χ3n) is 4.04. The molecule has 2 atom stereocenters. The van der Waals surface area contributed by atoms with Gasteiger partial charge >= 0.3 is 5.97 Å². The lowest BCUT2D eigenvalue weighted by Crippen LogP contribution is -2.29. The van der Waals surface area contributed by atoms with Crippen LogP contribution in [0.3, 0.4) is 0 Å². The topological polar surface area (TPSA) is 26.3 Å². The molecule has 2 nitrogen and oxygen atoms in total. The second-order valence-electron chi connectivity index (χ2n) is 5.73. The summed E-state index contributed by atoms with van der Waals surface area (Å²) in [6.07, 6.45) is 1.58. The van der Waals surface area contributed by atoms with Crippen LogP contribution < -0.4 is 4.74 Å². The van der Waals surface area contributed by atoms with Gasteiger partial charge in [0, 0.05) is 17.9 Å².